The number of amides is 1. The minimum Gasteiger partial charge on any atom is -0.448 e. The number of hydrogen-bond acceptors (Lipinski definition) is 7. The summed E-state index contributed by atoms with van der Waals surface area (Å²) in [6.45, 7) is 1.50. The molecule has 0 bridgehead atoms. The smallest absolute Gasteiger partial charge is 0.358 e. The molecule has 3 aromatic rings. The molecule has 9 heteroatoms. The largest absolute Gasteiger partial charge is 0.448 e. The fraction of sp³-hybridized carbons (Fsp3) is 0.118. The number of carbonyl (C=O) groups excluding carboxylic acids is 2. The van der Waals surface area contributed by atoms with E-state index < -0.39 is 18.0 Å². The Balaban J connectivity index is 1.61. The lowest BCUT2D eigenvalue weighted by atomic mass is 10.3. The minimum absolute atomic E-state index is 0.112. The van der Waals surface area contributed by atoms with Crippen molar-refractivity contribution in [2.45, 2.75) is 13.0 Å². The lowest BCUT2D eigenvalue weighted by Crippen LogP contribution is -2.30. The molecule has 0 fully saturated rings. The zero-order valence-electron chi connectivity index (χ0n) is 13.5. The molecule has 0 aliphatic carbocycles. The van der Waals surface area contributed by atoms with E-state index in [4.69, 9.17) is 4.74 Å². The number of nitrogens with zero attached hydrogens (tertiary/aromatic N) is 3. The van der Waals surface area contributed by atoms with E-state index in [1.807, 2.05) is 0 Å². The van der Waals surface area contributed by atoms with Gasteiger partial charge in [-0.05, 0) is 37.3 Å². The molecule has 1 N–H and O–H groups in total. The molecule has 0 saturated heterocycles. The molecule has 1 aromatic carbocycles. The molecule has 3 rings (SSSR count). The predicted octanol–water partition coefficient (Wildman–Crippen LogP) is 3.55. The highest BCUT2D eigenvalue weighted by Gasteiger charge is 2.21. The van der Waals surface area contributed by atoms with E-state index in [2.05, 4.69) is 36.2 Å². The van der Waals surface area contributed by atoms with E-state index >= 15 is 0 Å². The van der Waals surface area contributed by atoms with Crippen LogP contribution in [0.2, 0.25) is 0 Å². The van der Waals surface area contributed by atoms with Crippen LogP contribution in [-0.2, 0) is 9.53 Å². The van der Waals surface area contributed by atoms with Gasteiger partial charge in [-0.1, -0.05) is 15.9 Å². The average Bonchev–Trinajstić information content (AvgIpc) is 3.14. The van der Waals surface area contributed by atoms with Gasteiger partial charge in [0, 0.05) is 27.9 Å². The number of benzene rings is 1. The summed E-state index contributed by atoms with van der Waals surface area (Å²) in [4.78, 5) is 36.7. The number of esters is 1. The zero-order chi connectivity index (χ0) is 18.5. The van der Waals surface area contributed by atoms with Crippen molar-refractivity contribution in [1.82, 2.24) is 15.0 Å². The van der Waals surface area contributed by atoms with E-state index in [1.54, 1.807) is 48.1 Å². The van der Waals surface area contributed by atoms with Gasteiger partial charge in [0.2, 0.25) is 0 Å². The van der Waals surface area contributed by atoms with E-state index in [-0.39, 0.29) is 5.69 Å². The quantitative estimate of drug-likeness (QED) is 0.619. The molecule has 7 nitrogen and oxygen atoms in total. The van der Waals surface area contributed by atoms with Crippen LogP contribution in [0.4, 0.5) is 5.69 Å². The lowest BCUT2D eigenvalue weighted by molar-refractivity contribution is -0.123. The Bertz CT molecular complexity index is 915. The van der Waals surface area contributed by atoms with Crippen LogP contribution in [-0.4, -0.2) is 32.9 Å². The van der Waals surface area contributed by atoms with E-state index in [0.717, 1.165) is 4.47 Å². The van der Waals surface area contributed by atoms with Crippen LogP contribution in [0.15, 0.2) is 52.6 Å². The van der Waals surface area contributed by atoms with Crippen molar-refractivity contribution in [2.75, 3.05) is 5.32 Å². The van der Waals surface area contributed by atoms with Crippen LogP contribution in [0.25, 0.3) is 10.8 Å². The number of hydrogen-bond donors (Lipinski definition) is 1. The zero-order valence-corrected chi connectivity index (χ0v) is 16.0. The summed E-state index contributed by atoms with van der Waals surface area (Å²) >= 11 is 4.55. The molecule has 26 heavy (non-hydrogen) atoms. The molecule has 0 aliphatic heterocycles. The molecule has 2 aromatic heterocycles. The van der Waals surface area contributed by atoms with Gasteiger partial charge >= 0.3 is 5.97 Å². The van der Waals surface area contributed by atoms with Crippen LogP contribution in [0.1, 0.15) is 17.4 Å². The van der Waals surface area contributed by atoms with Gasteiger partial charge in [-0.25, -0.2) is 19.7 Å². The Labute approximate surface area is 161 Å². The standard InChI is InChI=1S/C17H13BrN4O3S/c1-10(15(23)21-12-5-3-11(18)4-6-12)25-17(24)13-9-26-16(22-13)14-19-7-2-8-20-14/h2-10H,1H3,(H,21,23). The van der Waals surface area contributed by atoms with E-state index in [0.29, 0.717) is 16.5 Å². The monoisotopic (exact) mass is 432 g/mol. The van der Waals surface area contributed by atoms with Crippen molar-refractivity contribution < 1.29 is 14.3 Å². The summed E-state index contributed by atoms with van der Waals surface area (Å²) in [5, 5.41) is 4.74. The van der Waals surface area contributed by atoms with Gasteiger partial charge in [0.1, 0.15) is 0 Å². The Hall–Kier alpha value is -2.65. The highest BCUT2D eigenvalue weighted by molar-refractivity contribution is 9.10. The second-order valence-corrected chi connectivity index (χ2v) is 6.93. The minimum atomic E-state index is -0.968. The van der Waals surface area contributed by atoms with Crippen molar-refractivity contribution in [3.63, 3.8) is 0 Å². The molecular formula is C17H13BrN4O3S. The average molecular weight is 433 g/mol. The molecule has 1 atom stereocenters. The Morgan fingerprint density at radius 3 is 2.58 bits per heavy atom. The van der Waals surface area contributed by atoms with Crippen molar-refractivity contribution in [3.05, 3.63) is 58.3 Å². The summed E-state index contributed by atoms with van der Waals surface area (Å²) in [5.74, 6) is -0.679. The number of thiazole rings is 1. The Kier molecular flexibility index (Phi) is 5.69. The maximum atomic E-state index is 12.2. The van der Waals surface area contributed by atoms with Gasteiger partial charge < -0.3 is 10.1 Å². The maximum absolute atomic E-state index is 12.2. The SMILES string of the molecule is CC(OC(=O)c1csc(-c2ncccn2)n1)C(=O)Nc1ccc(Br)cc1. The number of ether oxygens (including phenoxy) is 1. The number of carbonyl (C=O) groups is 2. The first-order valence-corrected chi connectivity index (χ1v) is 9.20. The second kappa shape index (κ2) is 8.15. The van der Waals surface area contributed by atoms with E-state index in [9.17, 15) is 9.59 Å². The molecule has 1 amide bonds. The highest BCUT2D eigenvalue weighted by Crippen LogP contribution is 2.20. The first kappa shape index (κ1) is 18.2. The predicted molar refractivity (Wildman–Crippen MR) is 101 cm³/mol. The third-order valence-electron chi connectivity index (χ3n) is 3.24. The molecule has 0 saturated carbocycles. The fourth-order valence-electron chi connectivity index (χ4n) is 1.93. The maximum Gasteiger partial charge on any atom is 0.358 e. The van der Waals surface area contributed by atoms with E-state index in [1.165, 1.54) is 18.3 Å². The van der Waals surface area contributed by atoms with Gasteiger partial charge in [0.25, 0.3) is 5.91 Å². The van der Waals surface area contributed by atoms with Crippen molar-refractivity contribution >= 4 is 44.8 Å². The number of rotatable bonds is 5. The number of aromatic nitrogens is 3. The molecule has 132 valence electrons. The number of nitrogens with one attached hydrogen (secondary N) is 1. The molecule has 0 aliphatic rings. The van der Waals surface area contributed by atoms with Crippen LogP contribution in [0, 0.1) is 0 Å². The molecule has 1 unspecified atom stereocenters. The third kappa shape index (κ3) is 4.50. The van der Waals surface area contributed by atoms with Crippen molar-refractivity contribution in [3.8, 4) is 10.8 Å². The van der Waals surface area contributed by atoms with Gasteiger partial charge in [-0.2, -0.15) is 0 Å². The van der Waals surface area contributed by atoms with Gasteiger partial charge in [0.15, 0.2) is 22.6 Å². The summed E-state index contributed by atoms with van der Waals surface area (Å²) in [7, 11) is 0. The molecule has 2 heterocycles. The molecule has 0 spiro atoms. The summed E-state index contributed by atoms with van der Waals surface area (Å²) in [5.41, 5.74) is 0.721. The van der Waals surface area contributed by atoms with Crippen LogP contribution >= 0.6 is 27.3 Å². The fourth-order valence-corrected chi connectivity index (χ4v) is 2.93. The first-order valence-electron chi connectivity index (χ1n) is 7.53. The number of anilines is 1. The second-order valence-electron chi connectivity index (χ2n) is 5.15. The van der Waals surface area contributed by atoms with Gasteiger partial charge in [0.05, 0.1) is 0 Å². The molecule has 0 radical (unpaired) electrons. The summed E-state index contributed by atoms with van der Waals surface area (Å²) in [6.07, 6.45) is 2.22. The van der Waals surface area contributed by atoms with Crippen molar-refractivity contribution in [1.29, 1.82) is 0 Å². The summed E-state index contributed by atoms with van der Waals surface area (Å²) in [6, 6.07) is 8.77. The van der Waals surface area contributed by atoms with Crippen LogP contribution < -0.4 is 5.32 Å². The highest BCUT2D eigenvalue weighted by atomic mass is 79.9. The van der Waals surface area contributed by atoms with Crippen LogP contribution in [0.3, 0.4) is 0 Å². The summed E-state index contributed by atoms with van der Waals surface area (Å²) < 4.78 is 6.09. The lowest BCUT2D eigenvalue weighted by Gasteiger charge is -2.12. The van der Waals surface area contributed by atoms with Gasteiger partial charge in [-0.3, -0.25) is 4.79 Å². The molecular weight excluding hydrogens is 420 g/mol. The van der Waals surface area contributed by atoms with Gasteiger partial charge in [-0.15, -0.1) is 11.3 Å². The first-order chi connectivity index (χ1) is 12.5. The Morgan fingerprint density at radius 1 is 1.19 bits per heavy atom. The van der Waals surface area contributed by atoms with Crippen molar-refractivity contribution in [2.24, 2.45) is 0 Å². The number of halogens is 1. The normalized spacial score (nSPS) is 11.6. The Morgan fingerprint density at radius 2 is 1.88 bits per heavy atom. The third-order valence-corrected chi connectivity index (χ3v) is 4.60. The topological polar surface area (TPSA) is 94.1 Å². The van der Waals surface area contributed by atoms with Crippen LogP contribution in [0.5, 0.6) is 0 Å².